The highest BCUT2D eigenvalue weighted by Gasteiger charge is 2.20. The number of rotatable bonds is 8. The number of aromatic amines is 1. The van der Waals surface area contributed by atoms with Gasteiger partial charge in [-0.25, -0.2) is 4.98 Å². The molecule has 0 aliphatic rings. The second-order valence-electron chi connectivity index (χ2n) is 7.21. The number of H-pyrrole nitrogens is 1. The third-order valence-electron chi connectivity index (χ3n) is 5.01. The monoisotopic (exact) mass is 460 g/mol. The second-order valence-corrected chi connectivity index (χ2v) is 8.54. The predicted octanol–water partition coefficient (Wildman–Crippen LogP) is 5.28. The lowest BCUT2D eigenvalue weighted by Crippen LogP contribution is -2.22. The van der Waals surface area contributed by atoms with Gasteiger partial charge in [0.1, 0.15) is 11.5 Å². The Bertz CT molecular complexity index is 1140. The molecule has 4 rings (SSSR count). The molecule has 1 amide bonds. The molecule has 0 saturated carbocycles. The van der Waals surface area contributed by atoms with E-state index >= 15 is 0 Å². The van der Waals surface area contributed by atoms with Crippen molar-refractivity contribution >= 4 is 23.4 Å². The van der Waals surface area contributed by atoms with E-state index in [1.165, 1.54) is 11.8 Å². The smallest absolute Gasteiger partial charge is 0.237 e. The number of aromatic nitrogens is 3. The molecule has 4 aromatic rings. The molecule has 2 N–H and O–H groups in total. The van der Waals surface area contributed by atoms with Crippen LogP contribution in [0.25, 0.3) is 22.5 Å². The molecule has 0 fully saturated rings. The van der Waals surface area contributed by atoms with E-state index in [9.17, 15) is 4.79 Å². The number of anilines is 1. The highest BCUT2D eigenvalue weighted by Crippen LogP contribution is 2.35. The quantitative estimate of drug-likeness (QED) is 0.348. The van der Waals surface area contributed by atoms with Gasteiger partial charge in [-0.15, -0.1) is 0 Å². The summed E-state index contributed by atoms with van der Waals surface area (Å²) in [5.74, 6) is 1.43. The molecule has 0 spiro atoms. The van der Waals surface area contributed by atoms with Gasteiger partial charge >= 0.3 is 0 Å². The Balaban J connectivity index is 1.62. The number of hydrogen-bond donors (Lipinski definition) is 2. The van der Waals surface area contributed by atoms with Gasteiger partial charge in [0, 0.05) is 17.3 Å². The maximum atomic E-state index is 12.7. The summed E-state index contributed by atoms with van der Waals surface area (Å²) in [5, 5.41) is 3.16. The number of benzene rings is 2. The molecule has 1 atom stereocenters. The lowest BCUT2D eigenvalue weighted by molar-refractivity contribution is -0.115. The van der Waals surface area contributed by atoms with E-state index in [0.717, 1.165) is 34.0 Å². The molecule has 1 unspecified atom stereocenters. The minimum Gasteiger partial charge on any atom is -0.497 e. The lowest BCUT2D eigenvalue weighted by Gasteiger charge is -2.10. The summed E-state index contributed by atoms with van der Waals surface area (Å²) in [7, 11) is 3.28. The molecular formula is C25H24N4O3S. The van der Waals surface area contributed by atoms with E-state index in [2.05, 4.69) is 15.3 Å². The third kappa shape index (κ3) is 5.35. The predicted molar refractivity (Wildman–Crippen MR) is 131 cm³/mol. The molecule has 0 aliphatic carbocycles. The third-order valence-corrected chi connectivity index (χ3v) is 6.00. The summed E-state index contributed by atoms with van der Waals surface area (Å²) < 4.78 is 10.6. The van der Waals surface area contributed by atoms with Gasteiger partial charge in [0.25, 0.3) is 0 Å². The van der Waals surface area contributed by atoms with Crippen molar-refractivity contribution in [3.8, 4) is 34.0 Å². The average Bonchev–Trinajstić information content (AvgIpc) is 3.28. The van der Waals surface area contributed by atoms with Crippen LogP contribution in [0.1, 0.15) is 6.92 Å². The Morgan fingerprint density at radius 3 is 2.18 bits per heavy atom. The Morgan fingerprint density at radius 1 is 0.970 bits per heavy atom. The van der Waals surface area contributed by atoms with Crippen LogP contribution < -0.4 is 14.8 Å². The van der Waals surface area contributed by atoms with E-state index in [1.54, 1.807) is 38.7 Å². The lowest BCUT2D eigenvalue weighted by atomic mass is 10.0. The number of methoxy groups -OCH3 is 2. The largest absolute Gasteiger partial charge is 0.497 e. The second kappa shape index (κ2) is 10.2. The highest BCUT2D eigenvalue weighted by molar-refractivity contribution is 8.00. The number of amides is 1. The zero-order chi connectivity index (χ0) is 23.2. The van der Waals surface area contributed by atoms with Gasteiger partial charge in [0.2, 0.25) is 5.91 Å². The summed E-state index contributed by atoms with van der Waals surface area (Å²) in [6.45, 7) is 1.85. The first-order valence-corrected chi connectivity index (χ1v) is 11.2. The van der Waals surface area contributed by atoms with Crippen molar-refractivity contribution in [3.63, 3.8) is 0 Å². The SMILES string of the molecule is COc1ccc(-c2nc(SC(C)C(=O)Nc3cccnc3)[nH]c2-c2ccc(OC)cc2)cc1. The highest BCUT2D eigenvalue weighted by atomic mass is 32.2. The molecule has 0 bridgehead atoms. The van der Waals surface area contributed by atoms with Gasteiger partial charge in [-0.2, -0.15) is 0 Å². The molecule has 0 saturated heterocycles. The average molecular weight is 461 g/mol. The van der Waals surface area contributed by atoms with Crippen molar-refractivity contribution in [2.75, 3.05) is 19.5 Å². The van der Waals surface area contributed by atoms with Gasteiger partial charge in [-0.3, -0.25) is 9.78 Å². The van der Waals surface area contributed by atoms with E-state index in [1.807, 2.05) is 55.5 Å². The van der Waals surface area contributed by atoms with Gasteiger partial charge in [0.05, 0.1) is 42.7 Å². The number of thioether (sulfide) groups is 1. The number of imidazole rings is 1. The minimum absolute atomic E-state index is 0.124. The number of carbonyl (C=O) groups excluding carboxylic acids is 1. The number of nitrogens with zero attached hydrogens (tertiary/aromatic N) is 2. The van der Waals surface area contributed by atoms with Gasteiger partial charge < -0.3 is 19.8 Å². The van der Waals surface area contributed by atoms with Crippen LogP contribution in [0.5, 0.6) is 11.5 Å². The first-order valence-electron chi connectivity index (χ1n) is 10.3. The van der Waals surface area contributed by atoms with Gasteiger partial charge in [-0.05, 0) is 67.6 Å². The standard InChI is InChI=1S/C25H24N4O3S/c1-16(24(30)27-19-5-4-14-26-15-19)33-25-28-22(17-6-10-20(31-2)11-7-17)23(29-25)18-8-12-21(32-3)13-9-18/h4-16H,1-3H3,(H,27,30)(H,28,29). The molecule has 8 heteroatoms. The van der Waals surface area contributed by atoms with Crippen molar-refractivity contribution in [3.05, 3.63) is 73.1 Å². The zero-order valence-electron chi connectivity index (χ0n) is 18.5. The Hall–Kier alpha value is -3.78. The van der Waals surface area contributed by atoms with Crippen LogP contribution in [0, 0.1) is 0 Å². The van der Waals surface area contributed by atoms with E-state index in [0.29, 0.717) is 10.8 Å². The van der Waals surface area contributed by atoms with Crippen LogP contribution in [0.2, 0.25) is 0 Å². The number of nitrogens with one attached hydrogen (secondary N) is 2. The summed E-state index contributed by atoms with van der Waals surface area (Å²) in [4.78, 5) is 24.9. The topological polar surface area (TPSA) is 89.1 Å². The van der Waals surface area contributed by atoms with Gasteiger partial charge in [0.15, 0.2) is 5.16 Å². The molecule has 2 heterocycles. The van der Waals surface area contributed by atoms with Crippen LogP contribution >= 0.6 is 11.8 Å². The fraction of sp³-hybridized carbons (Fsp3) is 0.160. The molecule has 168 valence electrons. The Labute approximate surface area is 196 Å². The molecular weight excluding hydrogens is 436 g/mol. The molecule has 2 aromatic carbocycles. The number of ether oxygens (including phenoxy) is 2. The first-order chi connectivity index (χ1) is 16.1. The summed E-state index contributed by atoms with van der Waals surface area (Å²) in [6, 6.07) is 19.1. The van der Waals surface area contributed by atoms with E-state index in [-0.39, 0.29) is 11.2 Å². The molecule has 33 heavy (non-hydrogen) atoms. The fourth-order valence-corrected chi connectivity index (χ4v) is 4.04. The Morgan fingerprint density at radius 2 is 1.61 bits per heavy atom. The van der Waals surface area contributed by atoms with Crippen molar-refractivity contribution in [1.82, 2.24) is 15.0 Å². The van der Waals surface area contributed by atoms with Crippen molar-refractivity contribution in [1.29, 1.82) is 0 Å². The van der Waals surface area contributed by atoms with E-state index < -0.39 is 0 Å². The maximum Gasteiger partial charge on any atom is 0.237 e. The molecule has 2 aromatic heterocycles. The molecule has 7 nitrogen and oxygen atoms in total. The number of hydrogen-bond acceptors (Lipinski definition) is 6. The summed E-state index contributed by atoms with van der Waals surface area (Å²) in [5.41, 5.74) is 4.23. The fourth-order valence-electron chi connectivity index (χ4n) is 3.23. The first kappa shape index (κ1) is 22.4. The zero-order valence-corrected chi connectivity index (χ0v) is 19.3. The van der Waals surface area contributed by atoms with Crippen LogP contribution in [0.4, 0.5) is 5.69 Å². The van der Waals surface area contributed by atoms with E-state index in [4.69, 9.17) is 14.5 Å². The summed E-state index contributed by atoms with van der Waals surface area (Å²) >= 11 is 1.36. The van der Waals surface area contributed by atoms with Crippen molar-refractivity contribution in [2.45, 2.75) is 17.3 Å². The normalized spacial score (nSPS) is 11.6. The van der Waals surface area contributed by atoms with Crippen LogP contribution in [0.15, 0.2) is 78.2 Å². The van der Waals surface area contributed by atoms with Crippen LogP contribution in [0.3, 0.4) is 0 Å². The molecule has 0 radical (unpaired) electrons. The minimum atomic E-state index is -0.371. The van der Waals surface area contributed by atoms with Crippen molar-refractivity contribution < 1.29 is 14.3 Å². The van der Waals surface area contributed by atoms with Crippen LogP contribution in [-0.2, 0) is 4.79 Å². The number of pyridine rings is 1. The Kier molecular flexibility index (Phi) is 6.95. The number of carbonyl (C=O) groups is 1. The maximum absolute atomic E-state index is 12.7. The summed E-state index contributed by atoms with van der Waals surface area (Å²) in [6.07, 6.45) is 3.28. The van der Waals surface area contributed by atoms with Gasteiger partial charge in [-0.1, -0.05) is 11.8 Å². The van der Waals surface area contributed by atoms with Crippen molar-refractivity contribution in [2.24, 2.45) is 0 Å². The molecule has 0 aliphatic heterocycles. The van der Waals surface area contributed by atoms with Crippen LogP contribution in [-0.4, -0.2) is 40.3 Å².